The second-order valence-electron chi connectivity index (χ2n) is 3.17. The maximum atomic E-state index is 8.95. The van der Waals surface area contributed by atoms with Crippen LogP contribution in [-0.2, 0) is 0 Å². The molecule has 1 aromatic rings. The molecule has 15 heavy (non-hydrogen) atoms. The highest BCUT2D eigenvalue weighted by atomic mass is 35.5. The molecule has 0 fully saturated rings. The van der Waals surface area contributed by atoms with Gasteiger partial charge in [0.2, 0.25) is 0 Å². The number of hydrogen-bond acceptors (Lipinski definition) is 3. The van der Waals surface area contributed by atoms with E-state index >= 15 is 0 Å². The van der Waals surface area contributed by atoms with Crippen LogP contribution in [0.3, 0.4) is 0 Å². The number of rotatable bonds is 4. The smallest absolute Gasteiger partial charge is 0.123 e. The molecule has 3 nitrogen and oxygen atoms in total. The Labute approximate surface area is 98.1 Å². The zero-order valence-electron chi connectivity index (χ0n) is 8.33. The third-order valence-electron chi connectivity index (χ3n) is 1.82. The maximum Gasteiger partial charge on any atom is 0.123 e. The van der Waals surface area contributed by atoms with Gasteiger partial charge in [-0.2, -0.15) is 0 Å². The van der Waals surface area contributed by atoms with Crippen molar-refractivity contribution in [3.8, 4) is 0 Å². The molecule has 0 heterocycles. The van der Waals surface area contributed by atoms with Crippen LogP contribution in [0.25, 0.3) is 0 Å². The van der Waals surface area contributed by atoms with Crippen LogP contribution >= 0.6 is 23.4 Å². The van der Waals surface area contributed by atoms with Gasteiger partial charge < -0.3 is 10.8 Å². The molecule has 82 valence electrons. The first kappa shape index (κ1) is 12.4. The fourth-order valence-corrected chi connectivity index (χ4v) is 2.19. The number of nitrogens with two attached hydrogens (primary N) is 1. The van der Waals surface area contributed by atoms with Gasteiger partial charge in [-0.15, -0.1) is 11.8 Å². The lowest BCUT2D eigenvalue weighted by molar-refractivity contribution is 0.300. The molecule has 0 bridgehead atoms. The van der Waals surface area contributed by atoms with Crippen LogP contribution in [0, 0.1) is 5.41 Å². The summed E-state index contributed by atoms with van der Waals surface area (Å²) in [6.45, 7) is 1.99. The summed E-state index contributed by atoms with van der Waals surface area (Å²) in [4.78, 5) is 0.869. The minimum atomic E-state index is -0.00913. The standard InChI is InChI=1S/C10H13ClN2OS/c1-6(5-14)15-9-3-2-7(11)4-8(9)10(12)13/h2-4,6,14H,5H2,1H3,(H3,12,13). The van der Waals surface area contributed by atoms with Gasteiger partial charge in [-0.3, -0.25) is 5.41 Å². The molecule has 0 saturated heterocycles. The number of nitrogens with one attached hydrogen (secondary N) is 1. The second-order valence-corrected chi connectivity index (χ2v) is 5.08. The van der Waals surface area contributed by atoms with E-state index in [1.165, 1.54) is 11.8 Å². The van der Waals surface area contributed by atoms with Crippen molar-refractivity contribution in [3.05, 3.63) is 28.8 Å². The lowest BCUT2D eigenvalue weighted by Crippen LogP contribution is -2.13. The Hall–Kier alpha value is -0.710. The monoisotopic (exact) mass is 244 g/mol. The van der Waals surface area contributed by atoms with Crippen molar-refractivity contribution < 1.29 is 5.11 Å². The number of aliphatic hydroxyl groups excluding tert-OH is 1. The molecule has 0 spiro atoms. The van der Waals surface area contributed by atoms with Crippen molar-refractivity contribution >= 4 is 29.2 Å². The molecule has 1 atom stereocenters. The van der Waals surface area contributed by atoms with Gasteiger partial charge in [0, 0.05) is 20.7 Å². The summed E-state index contributed by atoms with van der Waals surface area (Å²) in [6, 6.07) is 5.23. The molecule has 1 aromatic carbocycles. The van der Waals surface area contributed by atoms with Gasteiger partial charge in [-0.25, -0.2) is 0 Å². The van der Waals surface area contributed by atoms with E-state index in [0.717, 1.165) is 4.90 Å². The average Bonchev–Trinajstić information content (AvgIpc) is 2.20. The predicted molar refractivity (Wildman–Crippen MR) is 64.9 cm³/mol. The van der Waals surface area contributed by atoms with E-state index in [1.807, 2.05) is 13.0 Å². The molecule has 0 amide bonds. The zero-order chi connectivity index (χ0) is 11.4. The van der Waals surface area contributed by atoms with E-state index in [0.29, 0.717) is 10.6 Å². The molecule has 0 aliphatic carbocycles. The van der Waals surface area contributed by atoms with E-state index in [2.05, 4.69) is 0 Å². The third-order valence-corrected chi connectivity index (χ3v) is 3.21. The lowest BCUT2D eigenvalue weighted by Gasteiger charge is -2.11. The first-order chi connectivity index (χ1) is 7.04. The minimum absolute atomic E-state index is 0.00913. The van der Waals surface area contributed by atoms with E-state index in [4.69, 9.17) is 27.9 Å². The molecule has 0 aliphatic heterocycles. The summed E-state index contributed by atoms with van der Waals surface area (Å²) in [5.74, 6) is -0.00913. The van der Waals surface area contributed by atoms with E-state index < -0.39 is 0 Å². The van der Waals surface area contributed by atoms with Crippen molar-refractivity contribution in [2.24, 2.45) is 5.73 Å². The molecule has 0 aromatic heterocycles. The van der Waals surface area contributed by atoms with Crippen molar-refractivity contribution in [2.45, 2.75) is 17.1 Å². The molecule has 5 heteroatoms. The molecular weight excluding hydrogens is 232 g/mol. The van der Waals surface area contributed by atoms with E-state index in [-0.39, 0.29) is 17.7 Å². The van der Waals surface area contributed by atoms with Crippen molar-refractivity contribution in [1.29, 1.82) is 5.41 Å². The molecule has 0 aliphatic rings. The fourth-order valence-electron chi connectivity index (χ4n) is 1.07. The largest absolute Gasteiger partial charge is 0.395 e. The number of amidine groups is 1. The first-order valence-electron chi connectivity index (χ1n) is 4.46. The molecule has 0 radical (unpaired) electrons. The van der Waals surface area contributed by atoms with Crippen LogP contribution in [0.2, 0.25) is 5.02 Å². The number of benzene rings is 1. The van der Waals surface area contributed by atoms with Crippen LogP contribution in [0.15, 0.2) is 23.1 Å². The summed E-state index contributed by atoms with van der Waals surface area (Å²) in [5, 5.41) is 17.0. The Kier molecular flexibility index (Phi) is 4.45. The van der Waals surface area contributed by atoms with Gasteiger partial charge in [0.05, 0.1) is 6.61 Å². The highest BCUT2D eigenvalue weighted by molar-refractivity contribution is 8.00. The van der Waals surface area contributed by atoms with Crippen LogP contribution in [0.4, 0.5) is 0 Å². The summed E-state index contributed by atoms with van der Waals surface area (Å²) in [6.07, 6.45) is 0. The summed E-state index contributed by atoms with van der Waals surface area (Å²) >= 11 is 7.30. The number of aliphatic hydroxyl groups is 1. The number of halogens is 1. The molecule has 1 unspecified atom stereocenters. The minimum Gasteiger partial charge on any atom is -0.395 e. The Morgan fingerprint density at radius 1 is 1.67 bits per heavy atom. The maximum absolute atomic E-state index is 8.95. The predicted octanol–water partition coefficient (Wildman–Crippen LogP) is 2.10. The SMILES string of the molecule is CC(CO)Sc1ccc(Cl)cc1C(=N)N. The number of hydrogen-bond donors (Lipinski definition) is 3. The van der Waals surface area contributed by atoms with Gasteiger partial charge in [-0.05, 0) is 18.2 Å². The first-order valence-corrected chi connectivity index (χ1v) is 5.71. The normalized spacial score (nSPS) is 12.5. The Bertz CT molecular complexity index is 370. The van der Waals surface area contributed by atoms with Gasteiger partial charge in [0.1, 0.15) is 5.84 Å². The van der Waals surface area contributed by atoms with Crippen molar-refractivity contribution in [3.63, 3.8) is 0 Å². The molecule has 1 rings (SSSR count). The lowest BCUT2D eigenvalue weighted by atomic mass is 10.2. The van der Waals surface area contributed by atoms with E-state index in [1.54, 1.807) is 12.1 Å². The quantitative estimate of drug-likeness (QED) is 0.432. The molecule has 0 saturated carbocycles. The average molecular weight is 245 g/mol. The molecular formula is C10H13ClN2OS. The van der Waals surface area contributed by atoms with Crippen LogP contribution < -0.4 is 5.73 Å². The topological polar surface area (TPSA) is 70.1 Å². The molecule has 4 N–H and O–H groups in total. The second kappa shape index (κ2) is 5.39. The highest BCUT2D eigenvalue weighted by Crippen LogP contribution is 2.28. The van der Waals surface area contributed by atoms with Gasteiger partial charge in [0.15, 0.2) is 0 Å². The van der Waals surface area contributed by atoms with Crippen LogP contribution in [-0.4, -0.2) is 22.8 Å². The van der Waals surface area contributed by atoms with Gasteiger partial charge in [-0.1, -0.05) is 18.5 Å². The summed E-state index contributed by atoms with van der Waals surface area (Å²) < 4.78 is 0. The van der Waals surface area contributed by atoms with Crippen LogP contribution in [0.1, 0.15) is 12.5 Å². The highest BCUT2D eigenvalue weighted by Gasteiger charge is 2.10. The van der Waals surface area contributed by atoms with E-state index in [9.17, 15) is 0 Å². The third kappa shape index (κ3) is 3.41. The summed E-state index contributed by atoms with van der Waals surface area (Å²) in [7, 11) is 0. The van der Waals surface area contributed by atoms with Gasteiger partial charge >= 0.3 is 0 Å². The number of thioether (sulfide) groups is 1. The Balaban J connectivity index is 3.01. The summed E-state index contributed by atoms with van der Waals surface area (Å²) in [5.41, 5.74) is 6.07. The Morgan fingerprint density at radius 2 is 2.33 bits per heavy atom. The van der Waals surface area contributed by atoms with Crippen molar-refractivity contribution in [1.82, 2.24) is 0 Å². The Morgan fingerprint density at radius 3 is 2.87 bits per heavy atom. The van der Waals surface area contributed by atoms with Gasteiger partial charge in [0.25, 0.3) is 0 Å². The van der Waals surface area contributed by atoms with Crippen molar-refractivity contribution in [2.75, 3.05) is 6.61 Å². The fraction of sp³-hybridized carbons (Fsp3) is 0.300. The number of nitrogen functional groups attached to an aromatic ring is 1. The zero-order valence-corrected chi connectivity index (χ0v) is 9.90. The van der Waals surface area contributed by atoms with Crippen LogP contribution in [0.5, 0.6) is 0 Å².